The summed E-state index contributed by atoms with van der Waals surface area (Å²) in [5.74, 6) is 1.82. The summed E-state index contributed by atoms with van der Waals surface area (Å²) >= 11 is 1.75. The molecule has 2 N–H and O–H groups in total. The third-order valence-electron chi connectivity index (χ3n) is 1.86. The van der Waals surface area contributed by atoms with Crippen LogP contribution in [0.1, 0.15) is 26.0 Å². The van der Waals surface area contributed by atoms with Crippen LogP contribution in [-0.2, 0) is 6.54 Å². The Morgan fingerprint density at radius 2 is 2.07 bits per heavy atom. The largest absolute Gasteiger partial charge is 0.325 e. The van der Waals surface area contributed by atoms with Gasteiger partial charge >= 0.3 is 0 Å². The van der Waals surface area contributed by atoms with E-state index in [1.807, 2.05) is 0 Å². The molecule has 3 nitrogen and oxygen atoms in total. The van der Waals surface area contributed by atoms with Gasteiger partial charge in [0.05, 0.1) is 5.69 Å². The van der Waals surface area contributed by atoms with Crippen molar-refractivity contribution in [2.24, 2.45) is 11.7 Å². The van der Waals surface area contributed by atoms with Crippen molar-refractivity contribution in [3.8, 4) is 0 Å². The van der Waals surface area contributed by atoms with Gasteiger partial charge in [0.15, 0.2) is 0 Å². The third-order valence-corrected chi connectivity index (χ3v) is 2.92. The molecule has 0 saturated heterocycles. The van der Waals surface area contributed by atoms with Crippen LogP contribution in [-0.4, -0.2) is 15.7 Å². The summed E-state index contributed by atoms with van der Waals surface area (Å²) in [6, 6.07) is 0. The van der Waals surface area contributed by atoms with Crippen LogP contribution in [0.25, 0.3) is 0 Å². The summed E-state index contributed by atoms with van der Waals surface area (Å²) in [5, 5.41) is 0.982. The lowest BCUT2D eigenvalue weighted by molar-refractivity contribution is 0.631. The van der Waals surface area contributed by atoms with E-state index < -0.39 is 0 Å². The molecule has 0 spiro atoms. The number of aromatic nitrogens is 2. The molecule has 1 rings (SSSR count). The first-order chi connectivity index (χ1) is 6.74. The lowest BCUT2D eigenvalue weighted by Gasteiger charge is -2.06. The second-order valence-electron chi connectivity index (χ2n) is 3.54. The molecule has 0 unspecified atom stereocenters. The first-order valence-corrected chi connectivity index (χ1v) is 5.85. The zero-order chi connectivity index (χ0) is 10.4. The quantitative estimate of drug-likeness (QED) is 0.758. The Hall–Kier alpha value is -0.610. The summed E-state index contributed by atoms with van der Waals surface area (Å²) in [4.78, 5) is 8.45. The maximum Gasteiger partial charge on any atom is 0.119 e. The number of rotatable bonds is 5. The number of hydrogen-bond acceptors (Lipinski definition) is 4. The molecule has 14 heavy (non-hydrogen) atoms. The van der Waals surface area contributed by atoms with E-state index in [4.69, 9.17) is 5.73 Å². The van der Waals surface area contributed by atoms with Crippen molar-refractivity contribution in [1.82, 2.24) is 9.97 Å². The SMILES string of the molecule is CC(C)CCSc1nccnc1CN. The van der Waals surface area contributed by atoms with Gasteiger partial charge in [0, 0.05) is 18.9 Å². The van der Waals surface area contributed by atoms with Gasteiger partial charge in [-0.1, -0.05) is 13.8 Å². The molecule has 0 amide bonds. The fourth-order valence-corrected chi connectivity index (χ4v) is 2.23. The molecule has 0 aromatic carbocycles. The van der Waals surface area contributed by atoms with Gasteiger partial charge in [0.25, 0.3) is 0 Å². The fourth-order valence-electron chi connectivity index (χ4n) is 1.01. The van der Waals surface area contributed by atoms with Gasteiger partial charge < -0.3 is 5.73 Å². The van der Waals surface area contributed by atoms with Crippen molar-refractivity contribution in [3.63, 3.8) is 0 Å². The molecule has 0 aliphatic rings. The van der Waals surface area contributed by atoms with Gasteiger partial charge in [0.2, 0.25) is 0 Å². The topological polar surface area (TPSA) is 51.8 Å². The maximum atomic E-state index is 5.57. The minimum Gasteiger partial charge on any atom is -0.325 e. The van der Waals surface area contributed by atoms with Crippen molar-refractivity contribution in [3.05, 3.63) is 18.1 Å². The Balaban J connectivity index is 2.49. The third kappa shape index (κ3) is 3.64. The van der Waals surface area contributed by atoms with E-state index in [0.29, 0.717) is 6.54 Å². The molecule has 0 radical (unpaired) electrons. The van der Waals surface area contributed by atoms with Crippen LogP contribution < -0.4 is 5.73 Å². The molecule has 0 atom stereocenters. The predicted octanol–water partition coefficient (Wildman–Crippen LogP) is 2.07. The molecule has 0 aliphatic carbocycles. The Morgan fingerprint density at radius 1 is 1.36 bits per heavy atom. The second-order valence-corrected chi connectivity index (χ2v) is 4.63. The summed E-state index contributed by atoms with van der Waals surface area (Å²) in [7, 11) is 0. The van der Waals surface area contributed by atoms with Crippen LogP contribution in [0.15, 0.2) is 17.4 Å². The highest BCUT2D eigenvalue weighted by Crippen LogP contribution is 2.20. The highest BCUT2D eigenvalue weighted by Gasteiger charge is 2.03. The lowest BCUT2D eigenvalue weighted by atomic mass is 10.2. The van der Waals surface area contributed by atoms with Gasteiger partial charge in [-0.3, -0.25) is 4.98 Å². The monoisotopic (exact) mass is 211 g/mol. The summed E-state index contributed by atoms with van der Waals surface area (Å²) in [6.45, 7) is 4.92. The van der Waals surface area contributed by atoms with E-state index in [9.17, 15) is 0 Å². The first kappa shape index (κ1) is 11.5. The second kappa shape index (κ2) is 5.98. The van der Waals surface area contributed by atoms with E-state index in [-0.39, 0.29) is 0 Å². The molecular weight excluding hydrogens is 194 g/mol. The molecule has 0 bridgehead atoms. The normalized spacial score (nSPS) is 10.9. The van der Waals surface area contributed by atoms with Crippen LogP contribution in [0.4, 0.5) is 0 Å². The van der Waals surface area contributed by atoms with E-state index >= 15 is 0 Å². The van der Waals surface area contributed by atoms with Gasteiger partial charge in [0.1, 0.15) is 5.03 Å². The van der Waals surface area contributed by atoms with Crippen LogP contribution in [0.3, 0.4) is 0 Å². The molecular formula is C10H17N3S. The van der Waals surface area contributed by atoms with E-state index in [2.05, 4.69) is 23.8 Å². The molecule has 78 valence electrons. The molecule has 1 heterocycles. The minimum absolute atomic E-state index is 0.470. The number of nitrogens with zero attached hydrogens (tertiary/aromatic N) is 2. The highest BCUT2D eigenvalue weighted by atomic mass is 32.2. The van der Waals surface area contributed by atoms with Crippen molar-refractivity contribution in [1.29, 1.82) is 0 Å². The van der Waals surface area contributed by atoms with Crippen molar-refractivity contribution in [2.45, 2.75) is 31.8 Å². The number of nitrogens with two attached hydrogens (primary N) is 1. The zero-order valence-electron chi connectivity index (χ0n) is 8.73. The van der Waals surface area contributed by atoms with Crippen LogP contribution in [0.5, 0.6) is 0 Å². The fraction of sp³-hybridized carbons (Fsp3) is 0.600. The Morgan fingerprint density at radius 3 is 2.71 bits per heavy atom. The minimum atomic E-state index is 0.470. The molecule has 1 aromatic rings. The Bertz CT molecular complexity index is 276. The van der Waals surface area contributed by atoms with E-state index in [0.717, 1.165) is 22.4 Å². The standard InChI is InChI=1S/C10H17N3S/c1-8(2)3-6-14-10-9(7-11)12-4-5-13-10/h4-5,8H,3,6-7,11H2,1-2H3. The van der Waals surface area contributed by atoms with Crippen LogP contribution >= 0.6 is 11.8 Å². The number of hydrogen-bond donors (Lipinski definition) is 1. The van der Waals surface area contributed by atoms with Gasteiger partial charge in [-0.2, -0.15) is 0 Å². The van der Waals surface area contributed by atoms with Crippen molar-refractivity contribution >= 4 is 11.8 Å². The smallest absolute Gasteiger partial charge is 0.119 e. The molecule has 0 aliphatic heterocycles. The van der Waals surface area contributed by atoms with Crippen LogP contribution in [0, 0.1) is 5.92 Å². The summed E-state index contributed by atoms with van der Waals surface area (Å²) < 4.78 is 0. The Labute approximate surface area is 89.5 Å². The van der Waals surface area contributed by atoms with Crippen LogP contribution in [0.2, 0.25) is 0 Å². The maximum absolute atomic E-state index is 5.57. The van der Waals surface area contributed by atoms with Crippen molar-refractivity contribution < 1.29 is 0 Å². The van der Waals surface area contributed by atoms with Gasteiger partial charge in [-0.25, -0.2) is 4.98 Å². The molecule has 1 aromatic heterocycles. The van der Waals surface area contributed by atoms with E-state index in [1.165, 1.54) is 6.42 Å². The average Bonchev–Trinajstić information content (AvgIpc) is 2.18. The molecule has 0 fully saturated rings. The average molecular weight is 211 g/mol. The Kier molecular flexibility index (Phi) is 4.90. The zero-order valence-corrected chi connectivity index (χ0v) is 9.55. The summed E-state index contributed by atoms with van der Waals surface area (Å²) in [5.41, 5.74) is 6.47. The first-order valence-electron chi connectivity index (χ1n) is 4.86. The van der Waals surface area contributed by atoms with E-state index in [1.54, 1.807) is 24.2 Å². The molecule has 4 heteroatoms. The van der Waals surface area contributed by atoms with Crippen molar-refractivity contribution in [2.75, 3.05) is 5.75 Å². The number of thioether (sulfide) groups is 1. The highest BCUT2D eigenvalue weighted by molar-refractivity contribution is 7.99. The lowest BCUT2D eigenvalue weighted by Crippen LogP contribution is -2.03. The van der Waals surface area contributed by atoms with Gasteiger partial charge in [-0.15, -0.1) is 11.8 Å². The summed E-state index contributed by atoms with van der Waals surface area (Å²) in [6.07, 6.45) is 4.61. The van der Waals surface area contributed by atoms with Gasteiger partial charge in [-0.05, 0) is 18.1 Å². The predicted molar refractivity (Wildman–Crippen MR) is 60.1 cm³/mol. The molecule has 0 saturated carbocycles.